The molecule has 0 bridgehead atoms. The molecule has 0 amide bonds. The lowest BCUT2D eigenvalue weighted by Gasteiger charge is -2.13. The first-order chi connectivity index (χ1) is 7.54. The van der Waals surface area contributed by atoms with Crippen molar-refractivity contribution >= 4 is 32.5 Å². The molecule has 1 aromatic heterocycles. The zero-order valence-corrected chi connectivity index (χ0v) is 11.1. The van der Waals surface area contributed by atoms with E-state index in [0.717, 1.165) is 32.3 Å². The molecule has 0 aliphatic rings. The minimum atomic E-state index is 0.946. The first kappa shape index (κ1) is 11.4. The highest BCUT2D eigenvalue weighted by atomic mass is 79.9. The summed E-state index contributed by atoms with van der Waals surface area (Å²) in [6, 6.07) is 4.15. The highest BCUT2D eigenvalue weighted by Crippen LogP contribution is 2.32. The number of anilines is 1. The number of nitrogens with one attached hydrogen (secondary N) is 1. The van der Waals surface area contributed by atoms with Gasteiger partial charge >= 0.3 is 0 Å². The van der Waals surface area contributed by atoms with Gasteiger partial charge in [-0.3, -0.25) is 10.8 Å². The van der Waals surface area contributed by atoms with E-state index in [1.165, 1.54) is 5.56 Å². The first-order valence-corrected chi connectivity index (χ1v) is 5.87. The van der Waals surface area contributed by atoms with E-state index in [-0.39, 0.29) is 0 Å². The molecule has 0 atom stereocenters. The van der Waals surface area contributed by atoms with E-state index in [9.17, 15) is 0 Å². The highest BCUT2D eigenvalue weighted by Gasteiger charge is 2.11. The molecule has 0 saturated heterocycles. The normalized spacial score (nSPS) is 10.8. The van der Waals surface area contributed by atoms with Crippen LogP contribution in [0.5, 0.6) is 0 Å². The lowest BCUT2D eigenvalue weighted by atomic mass is 10.1. The minimum absolute atomic E-state index is 0.946. The average molecular weight is 280 g/mol. The summed E-state index contributed by atoms with van der Waals surface area (Å²) in [5.41, 5.74) is 7.93. The largest absolute Gasteiger partial charge is 0.323 e. The lowest BCUT2D eigenvalue weighted by molar-refractivity contribution is 1.17. The van der Waals surface area contributed by atoms with Crippen LogP contribution in [0.4, 0.5) is 5.69 Å². The van der Waals surface area contributed by atoms with Crippen LogP contribution in [0.1, 0.15) is 16.8 Å². The van der Waals surface area contributed by atoms with Crippen molar-refractivity contribution in [1.29, 1.82) is 0 Å². The Bertz CT molecular complexity index is 564. The van der Waals surface area contributed by atoms with E-state index in [2.05, 4.69) is 45.4 Å². The van der Waals surface area contributed by atoms with Crippen LogP contribution in [0.2, 0.25) is 0 Å². The topological polar surface area (TPSA) is 50.9 Å². The van der Waals surface area contributed by atoms with Gasteiger partial charge in [0.2, 0.25) is 0 Å². The minimum Gasteiger partial charge on any atom is -0.323 e. The van der Waals surface area contributed by atoms with E-state index >= 15 is 0 Å². The second-order valence-electron chi connectivity index (χ2n) is 3.98. The van der Waals surface area contributed by atoms with Gasteiger partial charge in [0.15, 0.2) is 0 Å². The summed E-state index contributed by atoms with van der Waals surface area (Å²) in [5, 5.41) is 1.05. The van der Waals surface area contributed by atoms with E-state index in [0.29, 0.717) is 0 Å². The molecular formula is C12H14BrN3. The Labute approximate surface area is 103 Å². The lowest BCUT2D eigenvalue weighted by Crippen LogP contribution is -2.10. The maximum Gasteiger partial charge on any atom is 0.0868 e. The maximum atomic E-state index is 5.59. The molecule has 0 radical (unpaired) electrons. The van der Waals surface area contributed by atoms with Crippen molar-refractivity contribution < 1.29 is 0 Å². The molecule has 16 heavy (non-hydrogen) atoms. The van der Waals surface area contributed by atoms with Gasteiger partial charge in [-0.05, 0) is 60.0 Å². The molecule has 4 heteroatoms. The fourth-order valence-corrected chi connectivity index (χ4v) is 2.52. The van der Waals surface area contributed by atoms with Gasteiger partial charge in [0, 0.05) is 15.6 Å². The number of halogens is 1. The van der Waals surface area contributed by atoms with Gasteiger partial charge in [-0.25, -0.2) is 0 Å². The monoisotopic (exact) mass is 279 g/mol. The third kappa shape index (κ3) is 1.68. The highest BCUT2D eigenvalue weighted by molar-refractivity contribution is 9.10. The van der Waals surface area contributed by atoms with E-state index in [1.54, 1.807) is 0 Å². The Kier molecular flexibility index (Phi) is 2.86. The van der Waals surface area contributed by atoms with Gasteiger partial charge in [0.1, 0.15) is 0 Å². The third-order valence-corrected chi connectivity index (χ3v) is 3.42. The smallest absolute Gasteiger partial charge is 0.0868 e. The molecule has 0 aliphatic carbocycles. The number of hydrazine groups is 1. The Hall–Kier alpha value is -1.13. The summed E-state index contributed by atoms with van der Waals surface area (Å²) in [5.74, 6) is 5.59. The van der Waals surface area contributed by atoms with E-state index < -0.39 is 0 Å². The number of nitrogen functional groups attached to an aromatic ring is 1. The van der Waals surface area contributed by atoms with Crippen molar-refractivity contribution in [2.24, 2.45) is 5.84 Å². The molecule has 3 nitrogen and oxygen atoms in total. The molecule has 1 aromatic carbocycles. The van der Waals surface area contributed by atoms with Crippen LogP contribution < -0.4 is 11.3 Å². The van der Waals surface area contributed by atoms with Crippen LogP contribution in [-0.2, 0) is 0 Å². The van der Waals surface area contributed by atoms with Crippen LogP contribution in [0.3, 0.4) is 0 Å². The summed E-state index contributed by atoms with van der Waals surface area (Å²) in [7, 11) is 0. The van der Waals surface area contributed by atoms with Crippen LogP contribution in [0, 0.1) is 20.8 Å². The van der Waals surface area contributed by atoms with Gasteiger partial charge in [0.25, 0.3) is 0 Å². The van der Waals surface area contributed by atoms with E-state index in [4.69, 9.17) is 5.84 Å². The molecule has 0 spiro atoms. The summed E-state index contributed by atoms with van der Waals surface area (Å²) < 4.78 is 1.00. The number of pyridine rings is 1. The second kappa shape index (κ2) is 4.03. The number of nitrogens with zero attached hydrogens (tertiary/aromatic N) is 1. The number of fused-ring (bicyclic) bond motifs is 1. The number of benzene rings is 1. The molecule has 3 N–H and O–H groups in total. The summed E-state index contributed by atoms with van der Waals surface area (Å²) in [6.45, 7) is 6.06. The number of hydrogen-bond donors (Lipinski definition) is 2. The van der Waals surface area contributed by atoms with Gasteiger partial charge < -0.3 is 5.43 Å². The molecule has 0 saturated carbocycles. The molecule has 1 heterocycles. The van der Waals surface area contributed by atoms with Gasteiger partial charge in [-0.15, -0.1) is 0 Å². The maximum absolute atomic E-state index is 5.59. The Balaban J connectivity index is 2.96. The zero-order valence-electron chi connectivity index (χ0n) is 9.56. The van der Waals surface area contributed by atoms with Gasteiger partial charge in [0.05, 0.1) is 11.2 Å². The Morgan fingerprint density at radius 1 is 1.25 bits per heavy atom. The quantitative estimate of drug-likeness (QED) is 0.623. The SMILES string of the molecule is Cc1cc(Br)c2nc(C)c(C)c(NN)c2c1. The summed E-state index contributed by atoms with van der Waals surface area (Å²) >= 11 is 3.54. The van der Waals surface area contributed by atoms with Crippen molar-refractivity contribution in [1.82, 2.24) is 4.98 Å². The molecule has 0 aliphatic heterocycles. The molecule has 2 rings (SSSR count). The average Bonchev–Trinajstić information content (AvgIpc) is 2.22. The van der Waals surface area contributed by atoms with Gasteiger partial charge in [-0.2, -0.15) is 0 Å². The molecule has 2 aromatic rings. The van der Waals surface area contributed by atoms with Crippen LogP contribution in [0.15, 0.2) is 16.6 Å². The Morgan fingerprint density at radius 2 is 1.94 bits per heavy atom. The molecule has 0 fully saturated rings. The van der Waals surface area contributed by atoms with Crippen molar-refractivity contribution in [3.8, 4) is 0 Å². The first-order valence-electron chi connectivity index (χ1n) is 5.08. The molecule has 0 unspecified atom stereocenters. The number of hydrogen-bond acceptors (Lipinski definition) is 3. The van der Waals surface area contributed by atoms with Crippen molar-refractivity contribution in [3.63, 3.8) is 0 Å². The Morgan fingerprint density at radius 3 is 2.56 bits per heavy atom. The fraction of sp³-hybridized carbons (Fsp3) is 0.250. The predicted octanol–water partition coefficient (Wildman–Crippen LogP) is 3.21. The van der Waals surface area contributed by atoms with Crippen LogP contribution in [0.25, 0.3) is 10.9 Å². The van der Waals surface area contributed by atoms with Gasteiger partial charge in [-0.1, -0.05) is 0 Å². The third-order valence-electron chi connectivity index (χ3n) is 2.82. The van der Waals surface area contributed by atoms with Crippen LogP contribution in [-0.4, -0.2) is 4.98 Å². The summed E-state index contributed by atoms with van der Waals surface area (Å²) in [6.07, 6.45) is 0. The second-order valence-corrected chi connectivity index (χ2v) is 4.84. The van der Waals surface area contributed by atoms with Crippen molar-refractivity contribution in [3.05, 3.63) is 33.4 Å². The van der Waals surface area contributed by atoms with E-state index in [1.807, 2.05) is 13.8 Å². The summed E-state index contributed by atoms with van der Waals surface area (Å²) in [4.78, 5) is 4.58. The molecule has 84 valence electrons. The number of aryl methyl sites for hydroxylation is 2. The zero-order chi connectivity index (χ0) is 11.9. The number of nitrogens with two attached hydrogens (primary N) is 1. The van der Waals surface area contributed by atoms with Crippen LogP contribution >= 0.6 is 15.9 Å². The van der Waals surface area contributed by atoms with Crippen molar-refractivity contribution in [2.75, 3.05) is 5.43 Å². The standard InChI is InChI=1S/C12H14BrN3/c1-6-4-9-11(16-14)7(2)8(3)15-12(9)10(13)5-6/h4-5H,14H2,1-3H3,(H,15,16). The number of rotatable bonds is 1. The van der Waals surface area contributed by atoms with Crippen molar-refractivity contribution in [2.45, 2.75) is 20.8 Å². The molecular weight excluding hydrogens is 266 g/mol. The fourth-order valence-electron chi connectivity index (χ4n) is 1.86. The predicted molar refractivity (Wildman–Crippen MR) is 71.5 cm³/mol. The number of aromatic nitrogens is 1.